The Kier molecular flexibility index (Phi) is 8.37. The van der Waals surface area contributed by atoms with E-state index in [0.29, 0.717) is 28.7 Å². The average Bonchev–Trinajstić information content (AvgIpc) is 3.57. The molecule has 1 aliphatic heterocycles. The summed E-state index contributed by atoms with van der Waals surface area (Å²) in [6.07, 6.45) is 4.75. The quantitative estimate of drug-likeness (QED) is 0.264. The van der Waals surface area contributed by atoms with Gasteiger partial charge >= 0.3 is 0 Å². The summed E-state index contributed by atoms with van der Waals surface area (Å²) >= 11 is 1.41. The number of aromatic nitrogens is 2. The van der Waals surface area contributed by atoms with Crippen molar-refractivity contribution in [2.24, 2.45) is 0 Å². The van der Waals surface area contributed by atoms with Crippen molar-refractivity contribution in [3.8, 4) is 11.5 Å². The van der Waals surface area contributed by atoms with E-state index in [0.717, 1.165) is 67.0 Å². The summed E-state index contributed by atoms with van der Waals surface area (Å²) in [5, 5.41) is 13.5. The number of aromatic amines is 1. The number of anilines is 1. The molecule has 2 aromatic heterocycles. The van der Waals surface area contributed by atoms with Gasteiger partial charge in [-0.1, -0.05) is 24.3 Å². The van der Waals surface area contributed by atoms with Crippen LogP contribution in [0, 0.1) is 6.92 Å². The van der Waals surface area contributed by atoms with Crippen molar-refractivity contribution in [3.05, 3.63) is 69.5 Å². The molecular weight excluding hydrogens is 500 g/mol. The third-order valence-corrected chi connectivity index (χ3v) is 7.58. The van der Waals surface area contributed by atoms with Gasteiger partial charge in [0.1, 0.15) is 0 Å². The van der Waals surface area contributed by atoms with Crippen molar-refractivity contribution >= 4 is 46.0 Å². The largest absolute Gasteiger partial charge is 0.491 e. The van der Waals surface area contributed by atoms with Crippen LogP contribution in [0.25, 0.3) is 23.1 Å². The molecule has 1 aliphatic rings. The Hall–Kier alpha value is -3.66. The molecule has 8 nitrogen and oxygen atoms in total. The van der Waals surface area contributed by atoms with Crippen molar-refractivity contribution in [2.75, 3.05) is 51.9 Å². The first-order chi connectivity index (χ1) is 18.6. The zero-order valence-corrected chi connectivity index (χ0v) is 22.5. The Morgan fingerprint density at radius 3 is 2.82 bits per heavy atom. The topological polar surface area (TPSA) is 88.7 Å². The number of fused-ring (bicyclic) bond motifs is 1. The molecule has 0 saturated carbocycles. The Morgan fingerprint density at radius 1 is 1.18 bits per heavy atom. The molecule has 1 saturated heterocycles. The second-order valence-electron chi connectivity index (χ2n) is 9.09. The van der Waals surface area contributed by atoms with E-state index in [1.165, 1.54) is 11.3 Å². The lowest BCUT2D eigenvalue weighted by molar-refractivity contribution is 0.0357. The van der Waals surface area contributed by atoms with Crippen LogP contribution in [-0.4, -0.2) is 67.6 Å². The maximum Gasteiger partial charge on any atom is 0.266 e. The Labute approximate surface area is 226 Å². The molecule has 4 aromatic rings. The monoisotopic (exact) mass is 532 g/mol. The van der Waals surface area contributed by atoms with Crippen LogP contribution in [0.5, 0.6) is 11.5 Å². The number of nitrogens with one attached hydrogen (secondary N) is 2. The summed E-state index contributed by atoms with van der Waals surface area (Å²) in [4.78, 5) is 16.3. The summed E-state index contributed by atoms with van der Waals surface area (Å²) in [5.74, 6) is 0.906. The SMILES string of the molecule is COc1c(OCCCN2CCOCC2)ccc(/C=C/c2n[nH]c3ccccc23)c1NC(=O)c1sccc1C. The predicted molar refractivity (Wildman–Crippen MR) is 152 cm³/mol. The van der Waals surface area contributed by atoms with Crippen molar-refractivity contribution in [3.63, 3.8) is 0 Å². The lowest BCUT2D eigenvalue weighted by Crippen LogP contribution is -2.37. The van der Waals surface area contributed by atoms with Gasteiger partial charge in [0, 0.05) is 30.6 Å². The van der Waals surface area contributed by atoms with Crippen LogP contribution in [0.3, 0.4) is 0 Å². The average molecular weight is 533 g/mol. The number of para-hydroxylation sites is 1. The van der Waals surface area contributed by atoms with Crippen LogP contribution in [0.2, 0.25) is 0 Å². The van der Waals surface area contributed by atoms with Crippen molar-refractivity contribution in [1.29, 1.82) is 0 Å². The number of hydrogen-bond donors (Lipinski definition) is 2. The smallest absolute Gasteiger partial charge is 0.266 e. The van der Waals surface area contributed by atoms with E-state index in [9.17, 15) is 4.79 Å². The highest BCUT2D eigenvalue weighted by molar-refractivity contribution is 7.12. The normalized spacial score (nSPS) is 14.3. The number of hydrogen-bond acceptors (Lipinski definition) is 7. The van der Waals surface area contributed by atoms with Crippen molar-refractivity contribution < 1.29 is 19.0 Å². The van der Waals surface area contributed by atoms with Gasteiger partial charge in [-0.2, -0.15) is 5.10 Å². The molecule has 38 heavy (non-hydrogen) atoms. The van der Waals surface area contributed by atoms with Gasteiger partial charge in [0.2, 0.25) is 0 Å². The fourth-order valence-electron chi connectivity index (χ4n) is 4.51. The second-order valence-corrected chi connectivity index (χ2v) is 10.0. The molecule has 0 spiro atoms. The van der Waals surface area contributed by atoms with Crippen molar-refractivity contribution in [1.82, 2.24) is 15.1 Å². The third-order valence-electron chi connectivity index (χ3n) is 6.57. The molecule has 0 bridgehead atoms. The maximum atomic E-state index is 13.2. The number of benzene rings is 2. The number of thiophene rings is 1. The van der Waals surface area contributed by atoms with E-state index in [1.54, 1.807) is 7.11 Å². The minimum atomic E-state index is -0.180. The standard InChI is InChI=1S/C29H32N4O4S/c1-20-12-19-38-28(20)29(34)30-26-21(8-10-24-22-6-3-4-7-23(22)31-32-24)9-11-25(27(26)35-2)37-16-5-13-33-14-17-36-18-15-33/h3-4,6-12,19H,5,13-18H2,1-2H3,(H,30,34)(H,31,32)/b10-8+. The lowest BCUT2D eigenvalue weighted by atomic mass is 10.1. The lowest BCUT2D eigenvalue weighted by Gasteiger charge is -2.26. The molecule has 1 fully saturated rings. The first-order valence-electron chi connectivity index (χ1n) is 12.7. The molecule has 0 aliphatic carbocycles. The van der Waals surface area contributed by atoms with Crippen LogP contribution in [0.15, 0.2) is 47.8 Å². The number of carbonyl (C=O) groups excluding carboxylic acids is 1. The number of ether oxygens (including phenoxy) is 3. The van der Waals surface area contributed by atoms with E-state index in [4.69, 9.17) is 14.2 Å². The van der Waals surface area contributed by atoms with E-state index in [-0.39, 0.29) is 5.91 Å². The first-order valence-corrected chi connectivity index (χ1v) is 13.6. The molecular formula is C29H32N4O4S. The summed E-state index contributed by atoms with van der Waals surface area (Å²) in [6, 6.07) is 13.7. The minimum Gasteiger partial charge on any atom is -0.491 e. The maximum absolute atomic E-state index is 13.2. The van der Waals surface area contributed by atoms with Gasteiger partial charge in [-0.15, -0.1) is 11.3 Å². The predicted octanol–water partition coefficient (Wildman–Crippen LogP) is 5.47. The molecule has 3 heterocycles. The van der Waals surface area contributed by atoms with Crippen LogP contribution in [-0.2, 0) is 4.74 Å². The highest BCUT2D eigenvalue weighted by Crippen LogP contribution is 2.40. The summed E-state index contributed by atoms with van der Waals surface area (Å²) in [5.41, 5.74) is 4.06. The van der Waals surface area contributed by atoms with E-state index in [1.807, 2.05) is 66.9 Å². The number of aryl methyl sites for hydroxylation is 1. The van der Waals surface area contributed by atoms with Crippen LogP contribution >= 0.6 is 11.3 Å². The number of morpholine rings is 1. The fourth-order valence-corrected chi connectivity index (χ4v) is 5.33. The number of methoxy groups -OCH3 is 1. The number of nitrogens with zero attached hydrogens (tertiary/aromatic N) is 2. The summed E-state index contributed by atoms with van der Waals surface area (Å²) in [6.45, 7) is 6.89. The van der Waals surface area contributed by atoms with E-state index < -0.39 is 0 Å². The van der Waals surface area contributed by atoms with Gasteiger partial charge in [0.25, 0.3) is 5.91 Å². The van der Waals surface area contributed by atoms with Crippen LogP contribution in [0.1, 0.15) is 32.9 Å². The van der Waals surface area contributed by atoms with Crippen LogP contribution < -0.4 is 14.8 Å². The number of carbonyl (C=O) groups is 1. The zero-order valence-electron chi connectivity index (χ0n) is 21.7. The van der Waals surface area contributed by atoms with E-state index >= 15 is 0 Å². The van der Waals surface area contributed by atoms with Gasteiger partial charge in [-0.3, -0.25) is 14.8 Å². The molecule has 0 unspecified atom stereocenters. The molecule has 9 heteroatoms. The summed E-state index contributed by atoms with van der Waals surface area (Å²) in [7, 11) is 1.59. The van der Waals surface area contributed by atoms with Crippen molar-refractivity contribution in [2.45, 2.75) is 13.3 Å². The van der Waals surface area contributed by atoms with Crippen LogP contribution in [0.4, 0.5) is 5.69 Å². The number of amides is 1. The van der Waals surface area contributed by atoms with Gasteiger partial charge < -0.3 is 19.5 Å². The highest BCUT2D eigenvalue weighted by atomic mass is 32.1. The van der Waals surface area contributed by atoms with Gasteiger partial charge in [0.15, 0.2) is 11.5 Å². The molecule has 5 rings (SSSR count). The molecule has 0 atom stereocenters. The van der Waals surface area contributed by atoms with E-state index in [2.05, 4.69) is 20.4 Å². The fraction of sp³-hybridized carbons (Fsp3) is 0.310. The highest BCUT2D eigenvalue weighted by Gasteiger charge is 2.20. The molecule has 0 radical (unpaired) electrons. The summed E-state index contributed by atoms with van der Waals surface area (Å²) < 4.78 is 17.4. The van der Waals surface area contributed by atoms with Gasteiger partial charge in [-0.25, -0.2) is 0 Å². The number of rotatable bonds is 10. The molecule has 1 amide bonds. The Balaban J connectivity index is 1.40. The molecule has 2 aromatic carbocycles. The zero-order chi connectivity index (χ0) is 26.3. The Bertz CT molecular complexity index is 1420. The first kappa shape index (κ1) is 26.0. The minimum absolute atomic E-state index is 0.180. The Morgan fingerprint density at radius 2 is 2.03 bits per heavy atom. The van der Waals surface area contributed by atoms with Gasteiger partial charge in [-0.05, 0) is 54.6 Å². The number of H-pyrrole nitrogens is 1. The second kappa shape index (κ2) is 12.3. The molecule has 198 valence electrons. The van der Waals surface area contributed by atoms with Gasteiger partial charge in [0.05, 0.1) is 48.7 Å². The third kappa shape index (κ3) is 5.91. The molecule has 2 N–H and O–H groups in total.